The van der Waals surface area contributed by atoms with Gasteiger partial charge in [-0.25, -0.2) is 12.4 Å². The predicted octanol–water partition coefficient (Wildman–Crippen LogP) is 0.700. The van der Waals surface area contributed by atoms with Crippen molar-refractivity contribution in [1.82, 2.24) is 3.97 Å². The minimum Gasteiger partial charge on any atom is -0.399 e. The standard InChI is InChI=1S/C11H12N2O3S/c1-7-5-8-3-4-9(12)6-10(8)13(11(7)14)17(2,15)16/h3-6H,12H2,1-2H3. The molecular formula is C11H12N2O3S. The third kappa shape index (κ3) is 1.91. The molecule has 1 aromatic carbocycles. The van der Waals surface area contributed by atoms with E-state index in [1.165, 1.54) is 6.07 Å². The van der Waals surface area contributed by atoms with Crippen molar-refractivity contribution >= 4 is 26.6 Å². The molecule has 1 aromatic heterocycles. The van der Waals surface area contributed by atoms with E-state index in [4.69, 9.17) is 5.73 Å². The number of pyridine rings is 1. The number of hydrogen-bond donors (Lipinski definition) is 1. The van der Waals surface area contributed by atoms with Gasteiger partial charge in [-0.3, -0.25) is 4.79 Å². The molecule has 2 N–H and O–H groups in total. The van der Waals surface area contributed by atoms with Crippen molar-refractivity contribution in [1.29, 1.82) is 0 Å². The Morgan fingerprint density at radius 2 is 1.88 bits per heavy atom. The van der Waals surface area contributed by atoms with Gasteiger partial charge in [-0.15, -0.1) is 0 Å². The molecule has 17 heavy (non-hydrogen) atoms. The number of nitrogen functional groups attached to an aromatic ring is 1. The van der Waals surface area contributed by atoms with E-state index in [0.29, 0.717) is 22.2 Å². The van der Waals surface area contributed by atoms with E-state index in [1.807, 2.05) is 0 Å². The molecule has 0 unspecified atom stereocenters. The van der Waals surface area contributed by atoms with Gasteiger partial charge in [0.2, 0.25) is 10.0 Å². The summed E-state index contributed by atoms with van der Waals surface area (Å²) in [7, 11) is -3.65. The molecule has 0 fully saturated rings. The smallest absolute Gasteiger partial charge is 0.267 e. The Bertz CT molecular complexity index is 760. The summed E-state index contributed by atoms with van der Waals surface area (Å²) >= 11 is 0. The first-order valence-corrected chi connectivity index (χ1v) is 6.78. The second-order valence-electron chi connectivity index (χ2n) is 3.98. The van der Waals surface area contributed by atoms with E-state index in [9.17, 15) is 13.2 Å². The molecule has 0 spiro atoms. The van der Waals surface area contributed by atoms with Crippen LogP contribution in [0.25, 0.3) is 10.9 Å². The minimum atomic E-state index is -3.65. The van der Waals surface area contributed by atoms with Crippen molar-refractivity contribution in [3.63, 3.8) is 0 Å². The van der Waals surface area contributed by atoms with Crippen LogP contribution in [-0.4, -0.2) is 18.6 Å². The van der Waals surface area contributed by atoms with Crippen molar-refractivity contribution in [2.75, 3.05) is 12.0 Å². The molecule has 90 valence electrons. The zero-order chi connectivity index (χ0) is 12.8. The maximum Gasteiger partial charge on any atom is 0.267 e. The molecule has 0 amide bonds. The third-order valence-electron chi connectivity index (χ3n) is 2.50. The maximum absolute atomic E-state index is 11.9. The molecule has 2 aromatic rings. The highest BCUT2D eigenvalue weighted by molar-refractivity contribution is 7.89. The average molecular weight is 252 g/mol. The second kappa shape index (κ2) is 3.59. The number of anilines is 1. The van der Waals surface area contributed by atoms with E-state index in [1.54, 1.807) is 25.1 Å². The van der Waals surface area contributed by atoms with Gasteiger partial charge >= 0.3 is 0 Å². The fraction of sp³-hybridized carbons (Fsp3) is 0.182. The summed E-state index contributed by atoms with van der Waals surface area (Å²) in [6.07, 6.45) is 0.996. The summed E-state index contributed by atoms with van der Waals surface area (Å²) in [4.78, 5) is 11.9. The Morgan fingerprint density at radius 1 is 1.24 bits per heavy atom. The van der Waals surface area contributed by atoms with Gasteiger partial charge in [-0.05, 0) is 30.5 Å². The van der Waals surface area contributed by atoms with Crippen LogP contribution in [0.15, 0.2) is 29.1 Å². The minimum absolute atomic E-state index is 0.308. The molecule has 2 rings (SSSR count). The van der Waals surface area contributed by atoms with E-state index < -0.39 is 15.6 Å². The summed E-state index contributed by atoms with van der Waals surface area (Å²) in [5.74, 6) is 0. The predicted molar refractivity (Wildman–Crippen MR) is 67.6 cm³/mol. The first-order valence-electron chi connectivity index (χ1n) is 4.93. The Kier molecular flexibility index (Phi) is 2.46. The van der Waals surface area contributed by atoms with Crippen molar-refractivity contribution in [2.24, 2.45) is 0 Å². The fourth-order valence-electron chi connectivity index (χ4n) is 1.75. The zero-order valence-corrected chi connectivity index (χ0v) is 10.3. The van der Waals surface area contributed by atoms with Crippen LogP contribution in [0.2, 0.25) is 0 Å². The fourth-order valence-corrected chi connectivity index (χ4v) is 2.71. The lowest BCUT2D eigenvalue weighted by molar-refractivity contribution is 0.593. The highest BCUT2D eigenvalue weighted by Gasteiger charge is 2.14. The van der Waals surface area contributed by atoms with Gasteiger partial charge in [0.05, 0.1) is 11.8 Å². The van der Waals surface area contributed by atoms with E-state index >= 15 is 0 Å². The van der Waals surface area contributed by atoms with E-state index in [0.717, 1.165) is 10.2 Å². The first kappa shape index (κ1) is 11.7. The highest BCUT2D eigenvalue weighted by atomic mass is 32.2. The van der Waals surface area contributed by atoms with Gasteiger partial charge in [0.25, 0.3) is 5.56 Å². The molecule has 1 heterocycles. The number of rotatable bonds is 1. The molecule has 0 saturated carbocycles. The first-order chi connectivity index (χ1) is 7.80. The van der Waals surface area contributed by atoms with Crippen LogP contribution in [0.1, 0.15) is 5.56 Å². The van der Waals surface area contributed by atoms with Gasteiger partial charge < -0.3 is 5.73 Å². The SMILES string of the molecule is Cc1cc2ccc(N)cc2n(S(C)(=O)=O)c1=O. The molecule has 0 aliphatic carbocycles. The number of hydrogen-bond acceptors (Lipinski definition) is 4. The lowest BCUT2D eigenvalue weighted by atomic mass is 10.1. The molecule has 0 aliphatic heterocycles. The van der Waals surface area contributed by atoms with Crippen LogP contribution in [-0.2, 0) is 10.0 Å². The Balaban J connectivity index is 3.12. The second-order valence-corrected chi connectivity index (χ2v) is 5.81. The van der Waals surface area contributed by atoms with Crippen molar-refractivity contribution < 1.29 is 8.42 Å². The lowest BCUT2D eigenvalue weighted by Crippen LogP contribution is -2.28. The molecule has 0 saturated heterocycles. The van der Waals surface area contributed by atoms with E-state index in [2.05, 4.69) is 0 Å². The Morgan fingerprint density at radius 3 is 2.47 bits per heavy atom. The van der Waals surface area contributed by atoms with Crippen LogP contribution in [0.5, 0.6) is 0 Å². The van der Waals surface area contributed by atoms with Crippen LogP contribution in [0.4, 0.5) is 5.69 Å². The lowest BCUT2D eigenvalue weighted by Gasteiger charge is -2.09. The molecular weight excluding hydrogens is 240 g/mol. The number of nitrogens with zero attached hydrogens (tertiary/aromatic N) is 1. The quantitative estimate of drug-likeness (QED) is 0.757. The van der Waals surface area contributed by atoms with Crippen molar-refractivity contribution in [2.45, 2.75) is 6.92 Å². The van der Waals surface area contributed by atoms with Crippen LogP contribution in [0, 0.1) is 6.92 Å². The zero-order valence-electron chi connectivity index (χ0n) is 9.47. The van der Waals surface area contributed by atoms with Gasteiger partial charge in [-0.1, -0.05) is 6.07 Å². The monoisotopic (exact) mass is 252 g/mol. The average Bonchev–Trinajstić information content (AvgIpc) is 2.18. The van der Waals surface area contributed by atoms with Gasteiger partial charge in [0, 0.05) is 11.3 Å². The summed E-state index contributed by atoms with van der Waals surface area (Å²) in [5, 5.41) is 0.668. The topological polar surface area (TPSA) is 82.2 Å². The Labute approximate surface area is 98.5 Å². The van der Waals surface area contributed by atoms with Crippen LogP contribution < -0.4 is 11.3 Å². The summed E-state index contributed by atoms with van der Waals surface area (Å²) in [6, 6.07) is 6.49. The molecule has 0 aliphatic rings. The van der Waals surface area contributed by atoms with Crippen LogP contribution >= 0.6 is 0 Å². The summed E-state index contributed by atoms with van der Waals surface area (Å²) in [6.45, 7) is 1.58. The number of nitrogens with two attached hydrogens (primary N) is 1. The van der Waals surface area contributed by atoms with Crippen molar-refractivity contribution in [3.8, 4) is 0 Å². The number of benzene rings is 1. The molecule has 6 heteroatoms. The number of aromatic nitrogens is 1. The molecule has 0 bridgehead atoms. The molecule has 0 atom stereocenters. The van der Waals surface area contributed by atoms with Crippen molar-refractivity contribution in [3.05, 3.63) is 40.2 Å². The molecule has 0 radical (unpaired) electrons. The largest absolute Gasteiger partial charge is 0.399 e. The normalized spacial score (nSPS) is 11.9. The molecule has 5 nitrogen and oxygen atoms in total. The third-order valence-corrected chi connectivity index (χ3v) is 3.52. The number of fused-ring (bicyclic) bond motifs is 1. The maximum atomic E-state index is 11.9. The summed E-state index contributed by atoms with van der Waals surface area (Å²) in [5.41, 5.74) is 6.18. The highest BCUT2D eigenvalue weighted by Crippen LogP contribution is 2.18. The summed E-state index contributed by atoms with van der Waals surface area (Å²) < 4.78 is 24.1. The van der Waals surface area contributed by atoms with E-state index in [-0.39, 0.29) is 0 Å². The van der Waals surface area contributed by atoms with Crippen LogP contribution in [0.3, 0.4) is 0 Å². The van der Waals surface area contributed by atoms with Gasteiger partial charge in [0.15, 0.2) is 0 Å². The van der Waals surface area contributed by atoms with Gasteiger partial charge in [-0.2, -0.15) is 0 Å². The Hall–Kier alpha value is -1.82. The van der Waals surface area contributed by atoms with Gasteiger partial charge in [0.1, 0.15) is 0 Å². The number of aryl methyl sites for hydroxylation is 1.